The summed E-state index contributed by atoms with van der Waals surface area (Å²) in [6, 6.07) is 9.91. The number of rotatable bonds is 4. The van der Waals surface area contributed by atoms with E-state index >= 15 is 0 Å². The van der Waals surface area contributed by atoms with Crippen LogP contribution >= 0.6 is 0 Å². The molecule has 0 saturated carbocycles. The Morgan fingerprint density at radius 1 is 1.09 bits per heavy atom. The minimum absolute atomic E-state index is 0.277. The standard InChI is InChI=1S/C18H26N2O2/c21-17(20-10-4-5-11-20)14-19-12-8-16(9-13-19)18(22)15-6-2-1-3-7-15/h1-3,6-7,16,18,22H,4-5,8-14H2. The van der Waals surface area contributed by atoms with Gasteiger partial charge in [0.2, 0.25) is 5.91 Å². The van der Waals surface area contributed by atoms with Gasteiger partial charge in [0, 0.05) is 13.1 Å². The van der Waals surface area contributed by atoms with Crippen molar-refractivity contribution in [3.8, 4) is 0 Å². The second-order valence-electron chi connectivity index (χ2n) is 6.56. The van der Waals surface area contributed by atoms with Crippen LogP contribution in [-0.2, 0) is 4.79 Å². The summed E-state index contributed by atoms with van der Waals surface area (Å²) in [4.78, 5) is 16.4. The molecule has 1 N–H and O–H groups in total. The van der Waals surface area contributed by atoms with Crippen molar-refractivity contribution < 1.29 is 9.90 Å². The molecule has 3 rings (SSSR count). The molecular formula is C18H26N2O2. The number of hydrogen-bond acceptors (Lipinski definition) is 3. The molecule has 4 nitrogen and oxygen atoms in total. The highest BCUT2D eigenvalue weighted by Gasteiger charge is 2.28. The van der Waals surface area contributed by atoms with Crippen LogP contribution in [0.2, 0.25) is 0 Å². The SMILES string of the molecule is O=C(CN1CCC(C(O)c2ccccc2)CC1)N1CCCC1. The molecule has 0 bridgehead atoms. The third-order valence-corrected chi connectivity index (χ3v) is 5.04. The summed E-state index contributed by atoms with van der Waals surface area (Å²) in [6.45, 7) is 4.24. The second kappa shape index (κ2) is 7.25. The van der Waals surface area contributed by atoms with Gasteiger partial charge in [-0.1, -0.05) is 30.3 Å². The summed E-state index contributed by atoms with van der Waals surface area (Å²) in [5.74, 6) is 0.583. The number of benzene rings is 1. The summed E-state index contributed by atoms with van der Waals surface area (Å²) in [7, 11) is 0. The maximum atomic E-state index is 12.2. The Kier molecular flexibility index (Phi) is 5.11. The van der Waals surface area contributed by atoms with Gasteiger partial charge < -0.3 is 10.0 Å². The van der Waals surface area contributed by atoms with Gasteiger partial charge in [0.1, 0.15) is 0 Å². The van der Waals surface area contributed by atoms with Crippen LogP contribution in [0.3, 0.4) is 0 Å². The van der Waals surface area contributed by atoms with Gasteiger partial charge in [-0.3, -0.25) is 9.69 Å². The molecule has 2 saturated heterocycles. The van der Waals surface area contributed by atoms with Gasteiger partial charge in [-0.15, -0.1) is 0 Å². The summed E-state index contributed by atoms with van der Waals surface area (Å²) in [5, 5.41) is 10.5. The van der Waals surface area contributed by atoms with Crippen molar-refractivity contribution in [3.63, 3.8) is 0 Å². The van der Waals surface area contributed by atoms with Crippen molar-refractivity contribution in [2.24, 2.45) is 5.92 Å². The van der Waals surface area contributed by atoms with E-state index < -0.39 is 0 Å². The monoisotopic (exact) mass is 302 g/mol. The highest BCUT2D eigenvalue weighted by molar-refractivity contribution is 5.78. The summed E-state index contributed by atoms with van der Waals surface area (Å²) < 4.78 is 0. The molecule has 2 aliphatic heterocycles. The van der Waals surface area contributed by atoms with Crippen LogP contribution in [-0.4, -0.2) is 53.5 Å². The van der Waals surface area contributed by atoms with Crippen LogP contribution in [0.4, 0.5) is 0 Å². The first kappa shape index (κ1) is 15.5. The Morgan fingerprint density at radius 3 is 2.36 bits per heavy atom. The Labute approximate surface area is 132 Å². The van der Waals surface area contributed by atoms with Gasteiger partial charge in [0.05, 0.1) is 12.6 Å². The molecule has 1 aromatic carbocycles. The number of likely N-dealkylation sites (tertiary alicyclic amines) is 2. The average molecular weight is 302 g/mol. The zero-order valence-corrected chi connectivity index (χ0v) is 13.2. The molecule has 0 radical (unpaired) electrons. The largest absolute Gasteiger partial charge is 0.388 e. The first-order valence-corrected chi connectivity index (χ1v) is 8.47. The summed E-state index contributed by atoms with van der Waals surface area (Å²) >= 11 is 0. The van der Waals surface area contributed by atoms with Gasteiger partial charge in [0.15, 0.2) is 0 Å². The highest BCUT2D eigenvalue weighted by Crippen LogP contribution is 2.30. The van der Waals surface area contributed by atoms with Crippen molar-refractivity contribution in [2.45, 2.75) is 31.8 Å². The number of carbonyl (C=O) groups is 1. The van der Waals surface area contributed by atoms with E-state index in [0.29, 0.717) is 12.5 Å². The van der Waals surface area contributed by atoms with E-state index in [1.807, 2.05) is 35.2 Å². The fourth-order valence-corrected chi connectivity index (χ4v) is 3.61. The lowest BCUT2D eigenvalue weighted by atomic mass is 9.87. The fraction of sp³-hybridized carbons (Fsp3) is 0.611. The fourth-order valence-electron chi connectivity index (χ4n) is 3.61. The first-order chi connectivity index (χ1) is 10.7. The molecule has 1 amide bonds. The molecule has 0 aliphatic carbocycles. The van der Waals surface area contributed by atoms with E-state index in [2.05, 4.69) is 4.90 Å². The van der Waals surface area contributed by atoms with E-state index in [1.54, 1.807) is 0 Å². The lowest BCUT2D eigenvalue weighted by Gasteiger charge is -2.34. The Hall–Kier alpha value is -1.39. The van der Waals surface area contributed by atoms with Crippen molar-refractivity contribution in [2.75, 3.05) is 32.7 Å². The molecule has 2 aliphatic rings. The van der Waals surface area contributed by atoms with Gasteiger partial charge in [-0.05, 0) is 50.3 Å². The predicted octanol–water partition coefficient (Wildman–Crippen LogP) is 2.05. The first-order valence-electron chi connectivity index (χ1n) is 8.47. The number of amides is 1. The number of aliphatic hydroxyl groups excluding tert-OH is 1. The van der Waals surface area contributed by atoms with Crippen LogP contribution < -0.4 is 0 Å². The van der Waals surface area contributed by atoms with Crippen molar-refractivity contribution in [1.29, 1.82) is 0 Å². The molecule has 0 spiro atoms. The molecule has 2 heterocycles. The van der Waals surface area contributed by atoms with Crippen molar-refractivity contribution >= 4 is 5.91 Å². The molecule has 1 aromatic rings. The Morgan fingerprint density at radius 2 is 1.73 bits per heavy atom. The third-order valence-electron chi connectivity index (χ3n) is 5.04. The maximum Gasteiger partial charge on any atom is 0.236 e. The number of nitrogens with zero attached hydrogens (tertiary/aromatic N) is 2. The van der Waals surface area contributed by atoms with E-state index in [4.69, 9.17) is 0 Å². The topological polar surface area (TPSA) is 43.8 Å². The van der Waals surface area contributed by atoms with Crippen LogP contribution in [0, 0.1) is 5.92 Å². The molecule has 0 aromatic heterocycles. The lowest BCUT2D eigenvalue weighted by Crippen LogP contribution is -2.43. The highest BCUT2D eigenvalue weighted by atomic mass is 16.3. The molecular weight excluding hydrogens is 276 g/mol. The molecule has 120 valence electrons. The van der Waals surface area contributed by atoms with E-state index in [-0.39, 0.29) is 12.0 Å². The quantitative estimate of drug-likeness (QED) is 0.926. The molecule has 22 heavy (non-hydrogen) atoms. The van der Waals surface area contributed by atoms with Crippen molar-refractivity contribution in [3.05, 3.63) is 35.9 Å². The minimum atomic E-state index is -0.377. The number of piperidine rings is 1. The molecule has 1 unspecified atom stereocenters. The van der Waals surface area contributed by atoms with Crippen LogP contribution in [0.25, 0.3) is 0 Å². The van der Waals surface area contributed by atoms with Gasteiger partial charge in [-0.2, -0.15) is 0 Å². The second-order valence-corrected chi connectivity index (χ2v) is 6.56. The summed E-state index contributed by atoms with van der Waals surface area (Å²) in [5.41, 5.74) is 1.01. The Bertz CT molecular complexity index is 477. The van der Waals surface area contributed by atoms with Crippen molar-refractivity contribution in [1.82, 2.24) is 9.80 Å². The van der Waals surface area contributed by atoms with E-state index in [0.717, 1.165) is 57.4 Å². The maximum absolute atomic E-state index is 12.2. The number of hydrogen-bond donors (Lipinski definition) is 1. The normalized spacial score (nSPS) is 22.0. The minimum Gasteiger partial charge on any atom is -0.388 e. The Balaban J connectivity index is 1.47. The molecule has 1 atom stereocenters. The summed E-state index contributed by atoms with van der Waals surface area (Å²) in [6.07, 6.45) is 3.85. The van der Waals surface area contributed by atoms with Crippen LogP contribution in [0.5, 0.6) is 0 Å². The number of carbonyl (C=O) groups excluding carboxylic acids is 1. The zero-order chi connectivity index (χ0) is 15.4. The molecule has 4 heteroatoms. The average Bonchev–Trinajstić information content (AvgIpc) is 3.10. The molecule has 2 fully saturated rings. The van der Waals surface area contributed by atoms with Crippen LogP contribution in [0.1, 0.15) is 37.4 Å². The van der Waals surface area contributed by atoms with Crippen LogP contribution in [0.15, 0.2) is 30.3 Å². The number of aliphatic hydroxyl groups is 1. The van der Waals surface area contributed by atoms with Gasteiger partial charge in [0.25, 0.3) is 0 Å². The predicted molar refractivity (Wildman–Crippen MR) is 86.4 cm³/mol. The van der Waals surface area contributed by atoms with Gasteiger partial charge >= 0.3 is 0 Å². The van der Waals surface area contributed by atoms with E-state index in [1.165, 1.54) is 0 Å². The zero-order valence-electron chi connectivity index (χ0n) is 13.2. The smallest absolute Gasteiger partial charge is 0.236 e. The van der Waals surface area contributed by atoms with Gasteiger partial charge in [-0.25, -0.2) is 0 Å². The van der Waals surface area contributed by atoms with E-state index in [9.17, 15) is 9.90 Å². The lowest BCUT2D eigenvalue weighted by molar-refractivity contribution is -0.131. The third kappa shape index (κ3) is 3.68.